The average Bonchev–Trinajstić information content (AvgIpc) is 2.83. The van der Waals surface area contributed by atoms with Crippen molar-refractivity contribution in [3.63, 3.8) is 0 Å². The van der Waals surface area contributed by atoms with E-state index in [1.165, 1.54) is 31.5 Å². The number of hydrogen-bond donors (Lipinski definition) is 2. The number of hydrogen-bond acceptors (Lipinski definition) is 2. The predicted molar refractivity (Wildman–Crippen MR) is 62.7 cm³/mol. The van der Waals surface area contributed by atoms with E-state index in [-0.39, 0.29) is 16.8 Å². The Morgan fingerprint density at radius 2 is 2.11 bits per heavy atom. The van der Waals surface area contributed by atoms with Crippen molar-refractivity contribution in [1.82, 2.24) is 10.2 Å². The van der Waals surface area contributed by atoms with E-state index in [2.05, 4.69) is 15.5 Å². The van der Waals surface area contributed by atoms with Crippen LogP contribution in [0.1, 0.15) is 21.5 Å². The first-order valence-electron chi connectivity index (χ1n) is 5.36. The molecule has 0 bridgehead atoms. The molecule has 0 unspecified atom stereocenters. The summed E-state index contributed by atoms with van der Waals surface area (Å²) < 4.78 is 38.1. The summed E-state index contributed by atoms with van der Waals surface area (Å²) in [7, 11) is 0. The van der Waals surface area contributed by atoms with Crippen LogP contribution in [-0.2, 0) is 6.18 Å². The van der Waals surface area contributed by atoms with E-state index in [0.717, 1.165) is 6.07 Å². The van der Waals surface area contributed by atoms with Crippen LogP contribution in [0.4, 0.5) is 18.9 Å². The van der Waals surface area contributed by atoms with Gasteiger partial charge in [0.15, 0.2) is 0 Å². The van der Waals surface area contributed by atoms with Crippen molar-refractivity contribution >= 4 is 11.6 Å². The molecule has 2 N–H and O–H groups in total. The number of aromatic nitrogens is 2. The highest BCUT2D eigenvalue weighted by Crippen LogP contribution is 2.33. The fourth-order valence-corrected chi connectivity index (χ4v) is 1.58. The van der Waals surface area contributed by atoms with Crippen LogP contribution >= 0.6 is 0 Å². The van der Waals surface area contributed by atoms with Gasteiger partial charge in [-0.15, -0.1) is 0 Å². The first kappa shape index (κ1) is 13.1. The second kappa shape index (κ2) is 4.75. The van der Waals surface area contributed by atoms with Crippen LogP contribution in [0, 0.1) is 6.92 Å². The fraction of sp³-hybridized carbons (Fsp3) is 0.167. The monoisotopic (exact) mass is 269 g/mol. The largest absolute Gasteiger partial charge is 0.416 e. The molecule has 1 aromatic carbocycles. The number of rotatable bonds is 2. The van der Waals surface area contributed by atoms with Crippen LogP contribution in [0.15, 0.2) is 30.6 Å². The Morgan fingerprint density at radius 1 is 1.37 bits per heavy atom. The predicted octanol–water partition coefficient (Wildman–Crippen LogP) is 2.99. The van der Waals surface area contributed by atoms with Gasteiger partial charge in [0.05, 0.1) is 17.3 Å². The molecular formula is C12H10F3N3O. The van der Waals surface area contributed by atoms with Gasteiger partial charge in [-0.1, -0.05) is 6.07 Å². The quantitative estimate of drug-likeness (QED) is 0.880. The van der Waals surface area contributed by atoms with Gasteiger partial charge in [-0.05, 0) is 24.6 Å². The first-order chi connectivity index (χ1) is 8.88. The number of carbonyl (C=O) groups excluding carboxylic acids is 1. The SMILES string of the molecule is Cc1ccc(NC(=O)c2cn[nH]c2)cc1C(F)(F)F. The second-order valence-corrected chi connectivity index (χ2v) is 3.97. The number of nitrogens with zero attached hydrogens (tertiary/aromatic N) is 1. The number of nitrogens with one attached hydrogen (secondary N) is 2. The van der Waals surface area contributed by atoms with Crippen molar-refractivity contribution in [1.29, 1.82) is 0 Å². The number of alkyl halides is 3. The third kappa shape index (κ3) is 2.93. The Morgan fingerprint density at radius 3 is 2.68 bits per heavy atom. The fourth-order valence-electron chi connectivity index (χ4n) is 1.58. The summed E-state index contributed by atoms with van der Waals surface area (Å²) in [5.41, 5.74) is -0.329. The van der Waals surface area contributed by atoms with Crippen molar-refractivity contribution in [2.45, 2.75) is 13.1 Å². The van der Waals surface area contributed by atoms with Crippen molar-refractivity contribution in [3.8, 4) is 0 Å². The molecule has 1 heterocycles. The summed E-state index contributed by atoms with van der Waals surface area (Å²) in [5.74, 6) is -0.522. The highest BCUT2D eigenvalue weighted by molar-refractivity contribution is 6.03. The lowest BCUT2D eigenvalue weighted by Crippen LogP contribution is -2.13. The highest BCUT2D eigenvalue weighted by Gasteiger charge is 2.32. The minimum Gasteiger partial charge on any atom is -0.322 e. The molecular weight excluding hydrogens is 259 g/mol. The second-order valence-electron chi connectivity index (χ2n) is 3.97. The van der Waals surface area contributed by atoms with Gasteiger partial charge >= 0.3 is 6.18 Å². The molecule has 0 atom stereocenters. The lowest BCUT2D eigenvalue weighted by Gasteiger charge is -2.12. The van der Waals surface area contributed by atoms with E-state index in [4.69, 9.17) is 0 Å². The summed E-state index contributed by atoms with van der Waals surface area (Å²) in [5, 5.41) is 8.43. The van der Waals surface area contributed by atoms with E-state index in [0.29, 0.717) is 0 Å². The Bertz CT molecular complexity index is 591. The standard InChI is InChI=1S/C12H10F3N3O/c1-7-2-3-9(4-10(7)12(13,14)15)18-11(19)8-5-16-17-6-8/h2-6H,1H3,(H,16,17)(H,18,19). The number of benzene rings is 1. The molecule has 0 aliphatic carbocycles. The number of amides is 1. The number of carbonyl (C=O) groups is 1. The molecule has 0 aliphatic heterocycles. The smallest absolute Gasteiger partial charge is 0.322 e. The Hall–Kier alpha value is -2.31. The maximum atomic E-state index is 12.7. The molecule has 0 spiro atoms. The molecule has 100 valence electrons. The van der Waals surface area contributed by atoms with Gasteiger partial charge in [0.25, 0.3) is 5.91 Å². The molecule has 1 aromatic heterocycles. The highest BCUT2D eigenvalue weighted by atomic mass is 19.4. The molecule has 2 aromatic rings. The lowest BCUT2D eigenvalue weighted by molar-refractivity contribution is -0.138. The van der Waals surface area contributed by atoms with Crippen molar-refractivity contribution in [2.24, 2.45) is 0 Å². The van der Waals surface area contributed by atoms with Crippen LogP contribution in [-0.4, -0.2) is 16.1 Å². The zero-order chi connectivity index (χ0) is 14.0. The lowest BCUT2D eigenvalue weighted by atomic mass is 10.1. The van der Waals surface area contributed by atoms with E-state index in [1.807, 2.05) is 0 Å². The van der Waals surface area contributed by atoms with Crippen LogP contribution in [0.3, 0.4) is 0 Å². The van der Waals surface area contributed by atoms with Gasteiger partial charge in [0.2, 0.25) is 0 Å². The average molecular weight is 269 g/mol. The third-order valence-electron chi connectivity index (χ3n) is 2.56. The molecule has 0 aliphatic rings. The van der Waals surface area contributed by atoms with Crippen molar-refractivity contribution in [2.75, 3.05) is 5.32 Å². The molecule has 0 fully saturated rings. The summed E-state index contributed by atoms with van der Waals surface area (Å²) in [6.45, 7) is 1.37. The van der Waals surface area contributed by atoms with Gasteiger partial charge in [0, 0.05) is 11.9 Å². The number of halogens is 3. The van der Waals surface area contributed by atoms with Gasteiger partial charge < -0.3 is 5.32 Å². The molecule has 1 amide bonds. The Balaban J connectivity index is 2.25. The molecule has 0 radical (unpaired) electrons. The van der Waals surface area contributed by atoms with Crippen molar-refractivity contribution in [3.05, 3.63) is 47.3 Å². The van der Waals surface area contributed by atoms with Crippen LogP contribution in [0.25, 0.3) is 0 Å². The maximum Gasteiger partial charge on any atom is 0.416 e. The molecule has 4 nitrogen and oxygen atoms in total. The minimum absolute atomic E-state index is 0.0872. The molecule has 0 saturated carbocycles. The first-order valence-corrected chi connectivity index (χ1v) is 5.36. The normalized spacial score (nSPS) is 11.4. The van der Waals surface area contributed by atoms with Gasteiger partial charge in [-0.25, -0.2) is 0 Å². The zero-order valence-corrected chi connectivity index (χ0v) is 9.88. The Labute approximate surface area is 106 Å². The van der Waals surface area contributed by atoms with Gasteiger partial charge in [0.1, 0.15) is 0 Å². The molecule has 7 heteroatoms. The van der Waals surface area contributed by atoms with E-state index < -0.39 is 17.6 Å². The number of aromatic amines is 1. The Kier molecular flexibility index (Phi) is 3.28. The third-order valence-corrected chi connectivity index (χ3v) is 2.56. The summed E-state index contributed by atoms with van der Waals surface area (Å²) in [4.78, 5) is 11.7. The summed E-state index contributed by atoms with van der Waals surface area (Å²) >= 11 is 0. The van der Waals surface area contributed by atoms with Crippen molar-refractivity contribution < 1.29 is 18.0 Å². The van der Waals surface area contributed by atoms with E-state index in [9.17, 15) is 18.0 Å². The number of anilines is 1. The molecule has 0 saturated heterocycles. The molecule has 19 heavy (non-hydrogen) atoms. The van der Waals surface area contributed by atoms with Crippen LogP contribution in [0.5, 0.6) is 0 Å². The summed E-state index contributed by atoms with van der Waals surface area (Å²) in [6, 6.07) is 3.64. The zero-order valence-electron chi connectivity index (χ0n) is 9.88. The van der Waals surface area contributed by atoms with Crippen LogP contribution in [0.2, 0.25) is 0 Å². The van der Waals surface area contributed by atoms with Gasteiger partial charge in [-0.3, -0.25) is 9.89 Å². The number of aryl methyl sites for hydroxylation is 1. The topological polar surface area (TPSA) is 57.8 Å². The maximum absolute atomic E-state index is 12.7. The minimum atomic E-state index is -4.44. The van der Waals surface area contributed by atoms with E-state index >= 15 is 0 Å². The summed E-state index contributed by atoms with van der Waals surface area (Å²) in [6.07, 6.45) is -1.80. The molecule has 2 rings (SSSR count). The van der Waals surface area contributed by atoms with Gasteiger partial charge in [-0.2, -0.15) is 18.3 Å². The van der Waals surface area contributed by atoms with Crippen LogP contribution < -0.4 is 5.32 Å². The number of H-pyrrole nitrogens is 1. The van der Waals surface area contributed by atoms with E-state index in [1.54, 1.807) is 0 Å².